The van der Waals surface area contributed by atoms with Gasteiger partial charge in [0, 0.05) is 28.9 Å². The molecule has 6 rings (SSSR count). The lowest BCUT2D eigenvalue weighted by molar-refractivity contribution is -0.119. The predicted molar refractivity (Wildman–Crippen MR) is 186 cm³/mol. The highest BCUT2D eigenvalue weighted by molar-refractivity contribution is 7.92. The summed E-state index contributed by atoms with van der Waals surface area (Å²) < 4.78 is 30.6. The average Bonchev–Trinajstić information content (AvgIpc) is 3.53. The summed E-state index contributed by atoms with van der Waals surface area (Å²) >= 11 is 12.7. The number of imidazole rings is 1. The molecular weight excluding hydrogens is 639 g/mol. The number of amides is 1. The molecule has 1 amide bonds. The summed E-state index contributed by atoms with van der Waals surface area (Å²) in [6.07, 6.45) is 2.80. The van der Waals surface area contributed by atoms with Crippen LogP contribution in [0.4, 0.5) is 5.69 Å². The van der Waals surface area contributed by atoms with Crippen molar-refractivity contribution in [1.82, 2.24) is 14.3 Å². The SMILES string of the molecule is CC[C@H]1C(=O)NS(=O)(=O)N1c1ccc(-n2cc(-c3ccc(Cl)cc3Cl)nc2Cc2ccc(-c3ccc(C(C)(C)C)cc3)cc2)cc1. The molecule has 1 N–H and O–H groups in total. The topological polar surface area (TPSA) is 84.3 Å². The van der Waals surface area contributed by atoms with E-state index in [0.717, 1.165) is 38.1 Å². The molecule has 0 radical (unpaired) electrons. The molecule has 1 atom stereocenters. The molecule has 0 saturated carbocycles. The minimum Gasteiger partial charge on any atom is -0.303 e. The van der Waals surface area contributed by atoms with Gasteiger partial charge in [0.25, 0.3) is 5.91 Å². The van der Waals surface area contributed by atoms with E-state index in [-0.39, 0.29) is 5.41 Å². The van der Waals surface area contributed by atoms with Crippen molar-refractivity contribution in [2.45, 2.75) is 52.0 Å². The second-order valence-electron chi connectivity index (χ2n) is 12.4. The summed E-state index contributed by atoms with van der Waals surface area (Å²) in [5.41, 5.74) is 7.36. The Labute approximate surface area is 280 Å². The van der Waals surface area contributed by atoms with Crippen LogP contribution < -0.4 is 9.03 Å². The van der Waals surface area contributed by atoms with Crippen molar-refractivity contribution in [3.8, 4) is 28.1 Å². The van der Waals surface area contributed by atoms with Crippen molar-refractivity contribution < 1.29 is 13.2 Å². The molecule has 0 aliphatic carbocycles. The number of hydrogen-bond acceptors (Lipinski definition) is 4. The van der Waals surface area contributed by atoms with Gasteiger partial charge in [-0.2, -0.15) is 8.42 Å². The zero-order valence-corrected chi connectivity index (χ0v) is 28.3. The van der Waals surface area contributed by atoms with Gasteiger partial charge in [-0.05, 0) is 76.6 Å². The van der Waals surface area contributed by atoms with Gasteiger partial charge in [-0.3, -0.25) is 4.79 Å². The minimum absolute atomic E-state index is 0.0970. The van der Waals surface area contributed by atoms with Crippen LogP contribution in [0, 0.1) is 0 Å². The van der Waals surface area contributed by atoms with Crippen LogP contribution in [0.15, 0.2) is 97.2 Å². The maximum Gasteiger partial charge on any atom is 0.326 e. The zero-order chi connectivity index (χ0) is 32.8. The fraction of sp³-hybridized carbons (Fsp3) is 0.222. The van der Waals surface area contributed by atoms with Crippen molar-refractivity contribution in [3.05, 3.63) is 124 Å². The molecule has 1 saturated heterocycles. The number of benzene rings is 4. The molecule has 0 bridgehead atoms. The molecule has 46 heavy (non-hydrogen) atoms. The molecule has 0 unspecified atom stereocenters. The minimum atomic E-state index is -3.96. The smallest absolute Gasteiger partial charge is 0.303 e. The monoisotopic (exact) mass is 672 g/mol. The van der Waals surface area contributed by atoms with Crippen LogP contribution in [-0.4, -0.2) is 29.9 Å². The first-order chi connectivity index (χ1) is 21.8. The Morgan fingerprint density at radius 2 is 1.46 bits per heavy atom. The number of nitrogens with zero attached hydrogens (tertiary/aromatic N) is 3. The summed E-state index contributed by atoms with van der Waals surface area (Å²) in [5, 5.41) is 1.02. The Hall–Kier alpha value is -4.11. The molecule has 0 spiro atoms. The van der Waals surface area contributed by atoms with Crippen LogP contribution in [0.5, 0.6) is 0 Å². The van der Waals surface area contributed by atoms with Gasteiger partial charge in [0.1, 0.15) is 11.9 Å². The zero-order valence-electron chi connectivity index (χ0n) is 26.0. The maximum atomic E-state index is 12.7. The van der Waals surface area contributed by atoms with Crippen molar-refractivity contribution in [2.24, 2.45) is 0 Å². The van der Waals surface area contributed by atoms with Gasteiger partial charge >= 0.3 is 10.2 Å². The van der Waals surface area contributed by atoms with E-state index < -0.39 is 22.2 Å². The highest BCUT2D eigenvalue weighted by Gasteiger charge is 2.42. The van der Waals surface area contributed by atoms with E-state index in [0.29, 0.717) is 34.3 Å². The van der Waals surface area contributed by atoms with Gasteiger partial charge in [-0.1, -0.05) is 99.4 Å². The van der Waals surface area contributed by atoms with Crippen molar-refractivity contribution in [2.75, 3.05) is 4.31 Å². The van der Waals surface area contributed by atoms with Crippen LogP contribution in [-0.2, 0) is 26.8 Å². The molecule has 4 aromatic carbocycles. The second-order valence-corrected chi connectivity index (χ2v) is 14.8. The standard InChI is InChI=1S/C36H34Cl2N4O3S/c1-5-33-35(43)40-46(44,45)42(33)29-17-15-28(16-18-29)41-22-32(30-19-14-27(37)21-31(30)38)39-34(41)20-23-6-8-24(9-7-23)25-10-12-26(13-11-25)36(2,3)4/h6-19,21-22,33H,5,20H2,1-4H3,(H,40,43)/t33-/m0/s1. The largest absolute Gasteiger partial charge is 0.326 e. The molecule has 1 fully saturated rings. The molecule has 5 aromatic rings. The third-order valence-electron chi connectivity index (χ3n) is 8.23. The molecule has 7 nitrogen and oxygen atoms in total. The predicted octanol–water partition coefficient (Wildman–Crippen LogP) is 8.36. The molecule has 1 aliphatic heterocycles. The fourth-order valence-electron chi connectivity index (χ4n) is 5.70. The van der Waals surface area contributed by atoms with Gasteiger partial charge < -0.3 is 4.57 Å². The van der Waals surface area contributed by atoms with E-state index in [1.54, 1.807) is 31.2 Å². The number of hydrogen-bond donors (Lipinski definition) is 1. The summed E-state index contributed by atoms with van der Waals surface area (Å²) in [7, 11) is -3.96. The van der Waals surface area contributed by atoms with Crippen LogP contribution in [0.2, 0.25) is 10.0 Å². The van der Waals surface area contributed by atoms with E-state index in [1.165, 1.54) is 5.56 Å². The average molecular weight is 674 g/mol. The molecule has 236 valence electrons. The lowest BCUT2D eigenvalue weighted by atomic mass is 9.86. The lowest BCUT2D eigenvalue weighted by Gasteiger charge is -2.21. The van der Waals surface area contributed by atoms with Crippen molar-refractivity contribution in [1.29, 1.82) is 0 Å². The van der Waals surface area contributed by atoms with Gasteiger partial charge in [0.2, 0.25) is 0 Å². The third kappa shape index (κ3) is 6.30. The van der Waals surface area contributed by atoms with Crippen molar-refractivity contribution >= 4 is 45.0 Å². The number of nitrogens with one attached hydrogen (secondary N) is 1. The normalized spacial score (nSPS) is 16.1. The molecular formula is C36H34Cl2N4O3S. The quantitative estimate of drug-likeness (QED) is 0.188. The Morgan fingerprint density at radius 3 is 2.04 bits per heavy atom. The number of aromatic nitrogens is 2. The van der Waals surface area contributed by atoms with Gasteiger partial charge in [-0.25, -0.2) is 14.0 Å². The number of carbonyl (C=O) groups is 1. The van der Waals surface area contributed by atoms with Gasteiger partial charge in [0.15, 0.2) is 0 Å². The molecule has 1 aromatic heterocycles. The molecule has 10 heteroatoms. The van der Waals surface area contributed by atoms with E-state index in [9.17, 15) is 13.2 Å². The van der Waals surface area contributed by atoms with E-state index in [2.05, 4.69) is 74.0 Å². The Kier molecular flexibility index (Phi) is 8.48. The van der Waals surface area contributed by atoms with Crippen LogP contribution in [0.25, 0.3) is 28.1 Å². The second kappa shape index (κ2) is 12.2. The molecule has 2 heterocycles. The maximum absolute atomic E-state index is 12.7. The van der Waals surface area contributed by atoms with E-state index in [1.807, 2.05) is 29.0 Å². The van der Waals surface area contributed by atoms with Gasteiger partial charge in [0.05, 0.1) is 16.4 Å². The highest BCUT2D eigenvalue weighted by Crippen LogP contribution is 2.33. The van der Waals surface area contributed by atoms with E-state index in [4.69, 9.17) is 28.2 Å². The van der Waals surface area contributed by atoms with Crippen LogP contribution in [0.3, 0.4) is 0 Å². The highest BCUT2D eigenvalue weighted by atomic mass is 35.5. The number of carbonyl (C=O) groups excluding carboxylic acids is 1. The van der Waals surface area contributed by atoms with Crippen molar-refractivity contribution in [3.63, 3.8) is 0 Å². The van der Waals surface area contributed by atoms with Gasteiger partial charge in [-0.15, -0.1) is 0 Å². The first-order valence-electron chi connectivity index (χ1n) is 15.0. The summed E-state index contributed by atoms with van der Waals surface area (Å²) in [6.45, 7) is 8.41. The third-order valence-corrected chi connectivity index (χ3v) is 10.2. The Bertz CT molecular complexity index is 2020. The van der Waals surface area contributed by atoms with E-state index >= 15 is 0 Å². The lowest BCUT2D eigenvalue weighted by Crippen LogP contribution is -2.35. The summed E-state index contributed by atoms with van der Waals surface area (Å²) in [6, 6.07) is 28.7. The molecule has 1 aliphatic rings. The first kappa shape index (κ1) is 31.9. The first-order valence-corrected chi connectivity index (χ1v) is 17.2. The number of halogens is 2. The Morgan fingerprint density at radius 1 is 0.848 bits per heavy atom. The van der Waals surface area contributed by atoms with Crippen LogP contribution in [0.1, 0.15) is 51.1 Å². The number of anilines is 1. The fourth-order valence-corrected chi connectivity index (χ4v) is 7.68. The Balaban J connectivity index is 1.34. The summed E-state index contributed by atoms with van der Waals surface area (Å²) in [4.78, 5) is 17.3. The number of rotatable bonds is 7. The van der Waals surface area contributed by atoms with Crippen LogP contribution >= 0.6 is 23.2 Å². The summed E-state index contributed by atoms with van der Waals surface area (Å²) in [5.74, 6) is 0.244.